The van der Waals surface area contributed by atoms with Gasteiger partial charge in [-0.15, -0.1) is 0 Å². The second kappa shape index (κ2) is 3.44. The van der Waals surface area contributed by atoms with Crippen LogP contribution in [0.25, 0.3) is 0 Å². The van der Waals surface area contributed by atoms with Crippen LogP contribution in [0.5, 0.6) is 11.5 Å². The van der Waals surface area contributed by atoms with Crippen molar-refractivity contribution in [2.24, 2.45) is 0 Å². The minimum atomic E-state index is -2.64. The molecule has 0 aromatic heterocycles. The summed E-state index contributed by atoms with van der Waals surface area (Å²) in [5.74, 6) is 0.0878. The summed E-state index contributed by atoms with van der Waals surface area (Å²) >= 11 is 0. The molecule has 1 aromatic rings. The minimum absolute atomic E-state index is 0.0725. The summed E-state index contributed by atoms with van der Waals surface area (Å²) in [5.41, 5.74) is 0. The zero-order valence-electron chi connectivity index (χ0n) is 6.35. The lowest BCUT2D eigenvalue weighted by atomic mass is 10.3. The van der Waals surface area contributed by atoms with Crippen LogP contribution in [0, 0.1) is 0 Å². The highest BCUT2D eigenvalue weighted by Crippen LogP contribution is 2.26. The van der Waals surface area contributed by atoms with Crippen LogP contribution in [-0.4, -0.2) is 20.6 Å². The number of ether oxygens (including phenoxy) is 1. The first-order valence-electron chi connectivity index (χ1n) is 3.16. The first kappa shape index (κ1) is 8.86. The van der Waals surface area contributed by atoms with Crippen LogP contribution in [0.1, 0.15) is 0 Å². The monoisotopic (exact) mass is 188 g/mol. The number of rotatable bonds is 2. The van der Waals surface area contributed by atoms with Crippen molar-refractivity contribution in [1.29, 1.82) is 0 Å². The maximum absolute atomic E-state index is 10.4. The van der Waals surface area contributed by atoms with Crippen molar-refractivity contribution in [3.63, 3.8) is 0 Å². The van der Waals surface area contributed by atoms with Gasteiger partial charge in [-0.3, -0.25) is 0 Å². The number of hydrogen-bond acceptors (Lipinski definition) is 4. The van der Waals surface area contributed by atoms with Crippen LogP contribution in [0.3, 0.4) is 0 Å². The van der Waals surface area contributed by atoms with Gasteiger partial charge in [-0.1, -0.05) is 0 Å². The Morgan fingerprint density at radius 3 is 2.50 bits per heavy atom. The van der Waals surface area contributed by atoms with Crippen molar-refractivity contribution in [3.8, 4) is 11.5 Å². The number of aromatic hydroxyl groups is 1. The third-order valence-corrected chi connectivity index (χ3v) is 2.07. The van der Waals surface area contributed by atoms with E-state index >= 15 is 0 Å². The fourth-order valence-electron chi connectivity index (χ4n) is 0.792. The van der Waals surface area contributed by atoms with E-state index in [-0.39, 0.29) is 16.4 Å². The molecule has 1 rings (SSSR count). The fraction of sp³-hybridized carbons (Fsp3) is 0.143. The number of thiol groups is 1. The van der Waals surface area contributed by atoms with E-state index in [9.17, 15) is 8.42 Å². The zero-order chi connectivity index (χ0) is 9.14. The van der Waals surface area contributed by atoms with E-state index in [2.05, 4.69) is 0 Å². The Kier molecular flexibility index (Phi) is 2.54. The van der Waals surface area contributed by atoms with E-state index in [0.717, 1.165) is 6.07 Å². The molecule has 0 aliphatic heterocycles. The van der Waals surface area contributed by atoms with Crippen LogP contribution < -0.4 is 4.74 Å². The first-order valence-corrected chi connectivity index (χ1v) is 4.34. The summed E-state index contributed by atoms with van der Waals surface area (Å²) in [6.45, 7) is 0. The SMILES string of the molecule is COc1ccc([SH](=O)=O)cc1O. The summed E-state index contributed by atoms with van der Waals surface area (Å²) in [7, 11) is -1.25. The van der Waals surface area contributed by atoms with Crippen molar-refractivity contribution in [2.45, 2.75) is 4.90 Å². The van der Waals surface area contributed by atoms with Gasteiger partial charge in [-0.2, -0.15) is 0 Å². The quantitative estimate of drug-likeness (QED) is 0.658. The highest BCUT2D eigenvalue weighted by atomic mass is 32.2. The van der Waals surface area contributed by atoms with Gasteiger partial charge in [0.05, 0.1) is 12.0 Å². The maximum Gasteiger partial charge on any atom is 0.168 e. The standard InChI is InChI=1S/C7H8O4S/c1-11-7-3-2-5(12(9)10)4-6(7)8/h2-4,8,12H,1H3. The molecule has 0 unspecified atom stereocenters. The van der Waals surface area contributed by atoms with Crippen LogP contribution in [0.4, 0.5) is 0 Å². The molecule has 0 aliphatic carbocycles. The molecule has 66 valence electrons. The molecule has 0 saturated carbocycles. The molecular formula is C7H8O4S. The van der Waals surface area contributed by atoms with Gasteiger partial charge in [-0.05, 0) is 12.1 Å². The normalized spacial score (nSPS) is 10.2. The Balaban J connectivity index is 3.18. The summed E-state index contributed by atoms with van der Waals surface area (Å²) in [4.78, 5) is 0.0725. The van der Waals surface area contributed by atoms with Crippen molar-refractivity contribution in [3.05, 3.63) is 18.2 Å². The van der Waals surface area contributed by atoms with Gasteiger partial charge in [-0.25, -0.2) is 8.42 Å². The van der Waals surface area contributed by atoms with E-state index in [1.807, 2.05) is 0 Å². The summed E-state index contributed by atoms with van der Waals surface area (Å²) in [5, 5.41) is 9.15. The molecule has 0 saturated heterocycles. The molecule has 0 fully saturated rings. The molecule has 12 heavy (non-hydrogen) atoms. The lowest BCUT2D eigenvalue weighted by Gasteiger charge is -2.01. The Morgan fingerprint density at radius 1 is 1.42 bits per heavy atom. The maximum atomic E-state index is 10.4. The van der Waals surface area contributed by atoms with E-state index < -0.39 is 10.7 Å². The molecule has 0 amide bonds. The third-order valence-electron chi connectivity index (χ3n) is 1.37. The van der Waals surface area contributed by atoms with Gasteiger partial charge >= 0.3 is 0 Å². The topological polar surface area (TPSA) is 63.6 Å². The third kappa shape index (κ3) is 1.68. The predicted molar refractivity (Wildman–Crippen MR) is 43.2 cm³/mol. The second-order valence-corrected chi connectivity index (χ2v) is 3.14. The summed E-state index contributed by atoms with van der Waals surface area (Å²) in [6, 6.07) is 3.91. The largest absolute Gasteiger partial charge is 0.504 e. The summed E-state index contributed by atoms with van der Waals surface area (Å²) < 4.78 is 25.6. The van der Waals surface area contributed by atoms with Crippen LogP contribution in [0.15, 0.2) is 23.1 Å². The van der Waals surface area contributed by atoms with E-state index in [0.29, 0.717) is 0 Å². The lowest BCUT2D eigenvalue weighted by molar-refractivity contribution is 0.372. The van der Waals surface area contributed by atoms with Crippen LogP contribution in [0.2, 0.25) is 0 Å². The fourth-order valence-corrected chi connectivity index (χ4v) is 1.22. The second-order valence-electron chi connectivity index (χ2n) is 2.11. The highest BCUT2D eigenvalue weighted by Gasteiger charge is 2.02. The van der Waals surface area contributed by atoms with Gasteiger partial charge in [0.1, 0.15) is 0 Å². The molecule has 1 N–H and O–H groups in total. The molecule has 0 radical (unpaired) electrons. The average Bonchev–Trinajstić information content (AvgIpc) is 2.04. The Labute approximate surface area is 71.4 Å². The molecule has 4 nitrogen and oxygen atoms in total. The van der Waals surface area contributed by atoms with Crippen molar-refractivity contribution < 1.29 is 18.3 Å². The Hall–Kier alpha value is -1.23. The predicted octanol–water partition coefficient (Wildman–Crippen LogP) is 0.371. The number of hydrogen-bond donors (Lipinski definition) is 2. The van der Waals surface area contributed by atoms with Crippen LogP contribution in [-0.2, 0) is 10.7 Å². The molecule has 0 bridgehead atoms. The molecule has 0 atom stereocenters. The lowest BCUT2D eigenvalue weighted by Crippen LogP contribution is -1.85. The van der Waals surface area contributed by atoms with Crippen molar-refractivity contribution >= 4 is 10.7 Å². The Bertz CT molecular complexity index is 348. The molecule has 1 aromatic carbocycles. The molecule has 0 spiro atoms. The van der Waals surface area contributed by atoms with Crippen LogP contribution >= 0.6 is 0 Å². The van der Waals surface area contributed by atoms with Gasteiger partial charge < -0.3 is 9.84 Å². The molecule has 5 heteroatoms. The van der Waals surface area contributed by atoms with E-state index in [4.69, 9.17) is 9.84 Å². The van der Waals surface area contributed by atoms with Gasteiger partial charge in [0, 0.05) is 6.07 Å². The van der Waals surface area contributed by atoms with Gasteiger partial charge in [0.15, 0.2) is 22.2 Å². The smallest absolute Gasteiger partial charge is 0.168 e. The first-order chi connectivity index (χ1) is 5.65. The van der Waals surface area contributed by atoms with Crippen molar-refractivity contribution in [2.75, 3.05) is 7.11 Å². The van der Waals surface area contributed by atoms with E-state index in [1.54, 1.807) is 0 Å². The highest BCUT2D eigenvalue weighted by molar-refractivity contribution is 7.72. The number of phenols is 1. The minimum Gasteiger partial charge on any atom is -0.504 e. The Morgan fingerprint density at radius 2 is 2.08 bits per heavy atom. The van der Waals surface area contributed by atoms with Gasteiger partial charge in [0.25, 0.3) is 0 Å². The molecular weight excluding hydrogens is 180 g/mol. The number of phenolic OH excluding ortho intramolecular Hbond substituents is 1. The number of benzene rings is 1. The van der Waals surface area contributed by atoms with Gasteiger partial charge in [0.2, 0.25) is 0 Å². The summed E-state index contributed by atoms with van der Waals surface area (Å²) in [6.07, 6.45) is 0. The molecule has 0 heterocycles. The average molecular weight is 188 g/mol. The van der Waals surface area contributed by atoms with Crippen molar-refractivity contribution in [1.82, 2.24) is 0 Å². The van der Waals surface area contributed by atoms with E-state index in [1.165, 1.54) is 19.2 Å². The number of methoxy groups -OCH3 is 1. The molecule has 0 aliphatic rings. The zero-order valence-corrected chi connectivity index (χ0v) is 7.25.